The molecule has 5 nitrogen and oxygen atoms in total. The first-order valence-corrected chi connectivity index (χ1v) is 11.1. The highest BCUT2D eigenvalue weighted by Gasteiger charge is 2.20. The Kier molecular flexibility index (Phi) is 7.07. The van der Waals surface area contributed by atoms with Crippen LogP contribution in [0.5, 0.6) is 0 Å². The molecule has 0 amide bonds. The van der Waals surface area contributed by atoms with Gasteiger partial charge in [0.05, 0.1) is 18.4 Å². The van der Waals surface area contributed by atoms with Crippen LogP contribution >= 0.6 is 35.4 Å². The Morgan fingerprint density at radius 1 is 1.06 bits per heavy atom. The monoisotopic (exact) mass is 477 g/mol. The molecule has 2 heterocycles. The molecule has 162 valence electrons. The van der Waals surface area contributed by atoms with Crippen molar-refractivity contribution < 1.29 is 4.39 Å². The van der Waals surface area contributed by atoms with E-state index in [0.29, 0.717) is 28.2 Å². The van der Waals surface area contributed by atoms with Gasteiger partial charge in [-0.05, 0) is 47.6 Å². The first kappa shape index (κ1) is 22.0. The fourth-order valence-electron chi connectivity index (χ4n) is 3.54. The molecule has 1 N–H and O–H groups in total. The minimum absolute atomic E-state index is 0.314. The Balaban J connectivity index is 1.27. The predicted octanol–water partition coefficient (Wildman–Crippen LogP) is 4.89. The van der Waals surface area contributed by atoms with Gasteiger partial charge in [0.1, 0.15) is 5.82 Å². The summed E-state index contributed by atoms with van der Waals surface area (Å²) in [5, 5.41) is 9.54. The van der Waals surface area contributed by atoms with Gasteiger partial charge in [0.15, 0.2) is 5.11 Å². The lowest BCUT2D eigenvalue weighted by atomic mass is 10.2. The van der Waals surface area contributed by atoms with E-state index in [0.717, 1.165) is 43.0 Å². The van der Waals surface area contributed by atoms with E-state index < -0.39 is 0 Å². The third-order valence-corrected chi connectivity index (χ3v) is 6.13. The summed E-state index contributed by atoms with van der Waals surface area (Å²) < 4.78 is 15.1. The number of halogens is 3. The minimum Gasteiger partial charge on any atom is -0.346 e. The second-order valence-corrected chi connectivity index (χ2v) is 8.72. The van der Waals surface area contributed by atoms with Gasteiger partial charge >= 0.3 is 0 Å². The van der Waals surface area contributed by atoms with E-state index in [4.69, 9.17) is 35.4 Å². The van der Waals surface area contributed by atoms with Crippen LogP contribution in [0.1, 0.15) is 11.1 Å². The highest BCUT2D eigenvalue weighted by Crippen LogP contribution is 2.20. The van der Waals surface area contributed by atoms with Gasteiger partial charge in [-0.15, -0.1) is 0 Å². The molecule has 1 aromatic heterocycles. The van der Waals surface area contributed by atoms with Gasteiger partial charge in [0, 0.05) is 49.0 Å². The summed E-state index contributed by atoms with van der Waals surface area (Å²) in [5.41, 5.74) is 2.87. The molecule has 0 unspecified atom stereocenters. The lowest BCUT2D eigenvalue weighted by molar-refractivity contribution is 0.177. The van der Waals surface area contributed by atoms with E-state index in [2.05, 4.69) is 20.2 Å². The maximum absolute atomic E-state index is 13.2. The maximum Gasteiger partial charge on any atom is 0.173 e. The zero-order valence-electron chi connectivity index (χ0n) is 16.8. The summed E-state index contributed by atoms with van der Waals surface area (Å²) in [6.45, 7) is 4.65. The molecule has 0 aliphatic carbocycles. The molecule has 0 spiro atoms. The van der Waals surface area contributed by atoms with E-state index in [-0.39, 0.29) is 5.82 Å². The average Bonchev–Trinajstić information content (AvgIpc) is 3.17. The Labute approximate surface area is 196 Å². The normalized spacial score (nSPS) is 14.6. The zero-order valence-corrected chi connectivity index (χ0v) is 19.1. The number of nitrogens with one attached hydrogen (secondary N) is 1. The number of thiocarbonyl (C=S) groups is 1. The van der Waals surface area contributed by atoms with Crippen molar-refractivity contribution in [1.29, 1.82) is 0 Å². The molecular weight excluding hydrogens is 456 g/mol. The van der Waals surface area contributed by atoms with Gasteiger partial charge in [0.25, 0.3) is 0 Å². The number of aromatic nitrogens is 2. The smallest absolute Gasteiger partial charge is 0.173 e. The van der Waals surface area contributed by atoms with Crippen molar-refractivity contribution in [2.45, 2.75) is 13.1 Å². The van der Waals surface area contributed by atoms with Gasteiger partial charge in [-0.3, -0.25) is 9.58 Å². The minimum atomic E-state index is -0.314. The lowest BCUT2D eigenvalue weighted by Crippen LogP contribution is -2.49. The fraction of sp³-hybridized carbons (Fsp3) is 0.273. The summed E-state index contributed by atoms with van der Waals surface area (Å²) >= 11 is 17.8. The van der Waals surface area contributed by atoms with Gasteiger partial charge < -0.3 is 10.2 Å². The first-order chi connectivity index (χ1) is 15.0. The van der Waals surface area contributed by atoms with E-state index in [9.17, 15) is 4.39 Å². The molecule has 0 saturated carbocycles. The van der Waals surface area contributed by atoms with Crippen LogP contribution in [0.3, 0.4) is 0 Å². The highest BCUT2D eigenvalue weighted by atomic mass is 35.5. The number of benzene rings is 2. The lowest BCUT2D eigenvalue weighted by Gasteiger charge is -2.36. The molecule has 9 heteroatoms. The third-order valence-electron chi connectivity index (χ3n) is 5.19. The van der Waals surface area contributed by atoms with Gasteiger partial charge in [-0.2, -0.15) is 5.10 Å². The summed E-state index contributed by atoms with van der Waals surface area (Å²) in [7, 11) is 0. The van der Waals surface area contributed by atoms with Crippen molar-refractivity contribution in [1.82, 2.24) is 19.6 Å². The summed E-state index contributed by atoms with van der Waals surface area (Å²) in [6, 6.07) is 12.3. The second-order valence-electron chi connectivity index (χ2n) is 7.49. The molecule has 0 atom stereocenters. The van der Waals surface area contributed by atoms with Crippen molar-refractivity contribution in [2.75, 3.05) is 31.5 Å². The maximum atomic E-state index is 13.2. The van der Waals surface area contributed by atoms with Gasteiger partial charge in [-0.25, -0.2) is 4.39 Å². The number of hydrogen-bond donors (Lipinski definition) is 1. The standard InChI is InChI=1S/C22H22Cl2FN5S/c23-18-3-1-2-16(10-18)13-30-15-20(12-26-30)27-22(31)29-8-6-28(7-9-29)14-17-4-5-19(25)11-21(17)24/h1-5,10-12,15H,6-9,13-14H2,(H,27,31). The third kappa shape index (κ3) is 5.95. The molecule has 0 radical (unpaired) electrons. The van der Waals surface area contributed by atoms with Crippen LogP contribution in [0.4, 0.5) is 10.1 Å². The molecule has 4 rings (SSSR count). The summed E-state index contributed by atoms with van der Waals surface area (Å²) in [6.07, 6.45) is 3.70. The van der Waals surface area contributed by atoms with Crippen LogP contribution in [0.25, 0.3) is 0 Å². The number of hydrogen-bond acceptors (Lipinski definition) is 3. The molecular formula is C22H22Cl2FN5S. The summed E-state index contributed by atoms with van der Waals surface area (Å²) in [5.74, 6) is -0.314. The first-order valence-electron chi connectivity index (χ1n) is 9.95. The number of nitrogens with zero attached hydrogens (tertiary/aromatic N) is 4. The van der Waals surface area contributed by atoms with Crippen LogP contribution in [0, 0.1) is 5.82 Å². The van der Waals surface area contributed by atoms with Crippen LogP contribution in [0.2, 0.25) is 10.0 Å². The van der Waals surface area contributed by atoms with E-state index in [1.807, 2.05) is 35.1 Å². The number of piperazine rings is 1. The topological polar surface area (TPSA) is 36.3 Å². The molecule has 1 aliphatic heterocycles. The Morgan fingerprint density at radius 2 is 1.87 bits per heavy atom. The molecule has 3 aromatic rings. The zero-order chi connectivity index (χ0) is 21.8. The van der Waals surface area contributed by atoms with Crippen molar-refractivity contribution in [2.24, 2.45) is 0 Å². The van der Waals surface area contributed by atoms with Crippen molar-refractivity contribution in [3.05, 3.63) is 81.8 Å². The Bertz CT molecular complexity index is 1070. The summed E-state index contributed by atoms with van der Waals surface area (Å²) in [4.78, 5) is 4.44. The molecule has 0 bridgehead atoms. The average molecular weight is 478 g/mol. The molecule has 1 saturated heterocycles. The van der Waals surface area contributed by atoms with Crippen molar-refractivity contribution in [3.63, 3.8) is 0 Å². The Hall–Kier alpha value is -2.19. The molecule has 1 fully saturated rings. The van der Waals surface area contributed by atoms with Gasteiger partial charge in [0.2, 0.25) is 0 Å². The predicted molar refractivity (Wildman–Crippen MR) is 127 cm³/mol. The molecule has 31 heavy (non-hydrogen) atoms. The van der Waals surface area contributed by atoms with Crippen LogP contribution in [-0.4, -0.2) is 50.9 Å². The van der Waals surface area contributed by atoms with Crippen molar-refractivity contribution >= 4 is 46.2 Å². The van der Waals surface area contributed by atoms with E-state index in [1.165, 1.54) is 12.1 Å². The van der Waals surface area contributed by atoms with Crippen molar-refractivity contribution in [3.8, 4) is 0 Å². The van der Waals surface area contributed by atoms with E-state index in [1.54, 1.807) is 12.3 Å². The number of anilines is 1. The van der Waals surface area contributed by atoms with E-state index >= 15 is 0 Å². The largest absolute Gasteiger partial charge is 0.346 e. The Morgan fingerprint density at radius 3 is 2.61 bits per heavy atom. The fourth-order valence-corrected chi connectivity index (χ4v) is 4.28. The molecule has 1 aliphatic rings. The SMILES string of the molecule is Fc1ccc(CN2CCN(C(=S)Nc3cnn(Cc4cccc(Cl)c4)c3)CC2)c(Cl)c1. The molecule has 2 aromatic carbocycles. The van der Waals surface area contributed by atoms with Crippen LogP contribution in [-0.2, 0) is 13.1 Å². The highest BCUT2D eigenvalue weighted by molar-refractivity contribution is 7.80. The van der Waals surface area contributed by atoms with Crippen LogP contribution in [0.15, 0.2) is 54.9 Å². The van der Waals surface area contributed by atoms with Gasteiger partial charge in [-0.1, -0.05) is 41.4 Å². The second kappa shape index (κ2) is 9.96. The number of rotatable bonds is 5. The quantitative estimate of drug-likeness (QED) is 0.529. The van der Waals surface area contributed by atoms with Crippen LogP contribution < -0.4 is 5.32 Å².